The first kappa shape index (κ1) is 11.9. The van der Waals surface area contributed by atoms with E-state index in [-0.39, 0.29) is 13.2 Å². The van der Waals surface area contributed by atoms with Crippen molar-refractivity contribution in [3.05, 3.63) is 24.0 Å². The van der Waals surface area contributed by atoms with Crippen molar-refractivity contribution in [1.82, 2.24) is 9.71 Å². The Labute approximate surface area is 89.5 Å². The highest BCUT2D eigenvalue weighted by molar-refractivity contribution is 7.88. The van der Waals surface area contributed by atoms with Crippen LogP contribution in [0.3, 0.4) is 0 Å². The van der Waals surface area contributed by atoms with E-state index in [9.17, 15) is 8.42 Å². The van der Waals surface area contributed by atoms with Crippen LogP contribution in [0.1, 0.15) is 5.69 Å². The van der Waals surface area contributed by atoms with E-state index in [4.69, 9.17) is 4.74 Å². The molecular formula is C9H14N2O3S. The van der Waals surface area contributed by atoms with Gasteiger partial charge in [-0.3, -0.25) is 4.98 Å². The van der Waals surface area contributed by atoms with Gasteiger partial charge in [0.2, 0.25) is 10.0 Å². The number of nitrogens with one attached hydrogen (secondary N) is 1. The van der Waals surface area contributed by atoms with Crippen LogP contribution in [0.25, 0.3) is 0 Å². The first-order chi connectivity index (χ1) is 6.97. The molecule has 0 saturated carbocycles. The molecule has 1 aromatic heterocycles. The normalized spacial score (nSPS) is 11.3. The van der Waals surface area contributed by atoms with E-state index in [0.717, 1.165) is 11.9 Å². The third-order valence-corrected chi connectivity index (χ3v) is 2.35. The average Bonchev–Trinajstić information content (AvgIpc) is 2.14. The molecule has 0 saturated heterocycles. The number of hydrogen-bond acceptors (Lipinski definition) is 4. The number of aryl methyl sites for hydroxylation is 1. The minimum atomic E-state index is -3.13. The van der Waals surface area contributed by atoms with E-state index in [0.29, 0.717) is 5.75 Å². The van der Waals surface area contributed by atoms with Gasteiger partial charge in [0.1, 0.15) is 12.4 Å². The second-order valence-corrected chi connectivity index (χ2v) is 4.98. The average molecular weight is 230 g/mol. The molecule has 0 unspecified atom stereocenters. The molecule has 0 aliphatic heterocycles. The summed E-state index contributed by atoms with van der Waals surface area (Å²) in [6.45, 7) is 2.43. The highest BCUT2D eigenvalue weighted by Crippen LogP contribution is 2.07. The Kier molecular flexibility index (Phi) is 4.05. The predicted molar refractivity (Wildman–Crippen MR) is 57.3 cm³/mol. The minimum absolute atomic E-state index is 0.257. The van der Waals surface area contributed by atoms with Gasteiger partial charge in [0.05, 0.1) is 12.5 Å². The molecule has 1 heterocycles. The Morgan fingerprint density at radius 1 is 1.47 bits per heavy atom. The molecule has 5 nitrogen and oxygen atoms in total. The van der Waals surface area contributed by atoms with E-state index >= 15 is 0 Å². The molecule has 0 bridgehead atoms. The molecule has 0 amide bonds. The Balaban J connectivity index is 2.29. The van der Waals surface area contributed by atoms with Gasteiger partial charge in [-0.1, -0.05) is 0 Å². The first-order valence-corrected chi connectivity index (χ1v) is 6.36. The molecule has 0 spiro atoms. The van der Waals surface area contributed by atoms with Crippen LogP contribution >= 0.6 is 0 Å². The van der Waals surface area contributed by atoms with Crippen LogP contribution in [0.15, 0.2) is 18.3 Å². The summed E-state index contributed by atoms with van der Waals surface area (Å²) in [6, 6.07) is 3.63. The number of ether oxygens (including phenoxy) is 1. The highest BCUT2D eigenvalue weighted by atomic mass is 32.2. The van der Waals surface area contributed by atoms with Crippen molar-refractivity contribution >= 4 is 10.0 Å². The molecule has 1 rings (SSSR count). The molecule has 0 fully saturated rings. The molecule has 0 aliphatic carbocycles. The summed E-state index contributed by atoms with van der Waals surface area (Å²) in [4.78, 5) is 4.04. The van der Waals surface area contributed by atoms with Crippen molar-refractivity contribution in [3.63, 3.8) is 0 Å². The number of nitrogens with zero attached hydrogens (tertiary/aromatic N) is 1. The highest BCUT2D eigenvalue weighted by Gasteiger charge is 1.99. The lowest BCUT2D eigenvalue weighted by Gasteiger charge is -2.05. The Bertz CT molecular complexity index is 400. The third kappa shape index (κ3) is 5.34. The van der Waals surface area contributed by atoms with Gasteiger partial charge in [-0.05, 0) is 19.1 Å². The van der Waals surface area contributed by atoms with Crippen LogP contribution in [-0.2, 0) is 10.0 Å². The van der Waals surface area contributed by atoms with Crippen molar-refractivity contribution < 1.29 is 13.2 Å². The zero-order chi connectivity index (χ0) is 11.3. The van der Waals surface area contributed by atoms with Crippen LogP contribution in [0, 0.1) is 6.92 Å². The molecule has 6 heteroatoms. The van der Waals surface area contributed by atoms with E-state index in [1.165, 1.54) is 0 Å². The number of pyridine rings is 1. The van der Waals surface area contributed by atoms with Gasteiger partial charge in [0.15, 0.2) is 0 Å². The number of sulfonamides is 1. The van der Waals surface area contributed by atoms with Crippen molar-refractivity contribution in [2.24, 2.45) is 0 Å². The lowest BCUT2D eigenvalue weighted by atomic mass is 10.4. The summed E-state index contributed by atoms with van der Waals surface area (Å²) >= 11 is 0. The monoisotopic (exact) mass is 230 g/mol. The Morgan fingerprint density at radius 2 is 2.20 bits per heavy atom. The van der Waals surface area contributed by atoms with Crippen LogP contribution < -0.4 is 9.46 Å². The summed E-state index contributed by atoms with van der Waals surface area (Å²) in [6.07, 6.45) is 2.72. The van der Waals surface area contributed by atoms with Crippen LogP contribution in [-0.4, -0.2) is 32.8 Å². The molecule has 84 valence electrons. The third-order valence-electron chi connectivity index (χ3n) is 1.62. The lowest BCUT2D eigenvalue weighted by molar-refractivity contribution is 0.321. The molecule has 15 heavy (non-hydrogen) atoms. The maximum absolute atomic E-state index is 10.7. The molecule has 1 N–H and O–H groups in total. The Hall–Kier alpha value is -1.14. The van der Waals surface area contributed by atoms with Gasteiger partial charge in [-0.15, -0.1) is 0 Å². The van der Waals surface area contributed by atoms with Crippen molar-refractivity contribution in [2.45, 2.75) is 6.92 Å². The van der Waals surface area contributed by atoms with Crippen molar-refractivity contribution in [1.29, 1.82) is 0 Å². The van der Waals surface area contributed by atoms with E-state index in [1.54, 1.807) is 12.3 Å². The van der Waals surface area contributed by atoms with Crippen LogP contribution in [0.5, 0.6) is 5.75 Å². The summed E-state index contributed by atoms with van der Waals surface area (Å²) in [5.74, 6) is 0.635. The van der Waals surface area contributed by atoms with Crippen molar-refractivity contribution in [2.75, 3.05) is 19.4 Å². The van der Waals surface area contributed by atoms with Crippen LogP contribution in [0.2, 0.25) is 0 Å². The molecular weight excluding hydrogens is 216 g/mol. The SMILES string of the molecule is Cc1ccc(OCCNS(C)(=O)=O)cn1. The predicted octanol–water partition coefficient (Wildman–Crippen LogP) is 0.318. The van der Waals surface area contributed by atoms with Gasteiger partial charge < -0.3 is 4.74 Å². The Morgan fingerprint density at radius 3 is 2.73 bits per heavy atom. The van der Waals surface area contributed by atoms with E-state index < -0.39 is 10.0 Å². The second-order valence-electron chi connectivity index (χ2n) is 3.15. The fourth-order valence-electron chi connectivity index (χ4n) is 0.936. The van der Waals surface area contributed by atoms with Crippen molar-refractivity contribution in [3.8, 4) is 5.75 Å². The molecule has 0 radical (unpaired) electrons. The smallest absolute Gasteiger partial charge is 0.208 e. The molecule has 0 atom stereocenters. The number of aromatic nitrogens is 1. The zero-order valence-corrected chi connectivity index (χ0v) is 9.54. The fourth-order valence-corrected chi connectivity index (χ4v) is 1.39. The molecule has 0 aliphatic rings. The standard InChI is InChI=1S/C9H14N2O3S/c1-8-3-4-9(7-10-8)14-6-5-11-15(2,12)13/h3-4,7,11H,5-6H2,1-2H3. The lowest BCUT2D eigenvalue weighted by Crippen LogP contribution is -2.26. The minimum Gasteiger partial charge on any atom is -0.491 e. The maximum atomic E-state index is 10.7. The topological polar surface area (TPSA) is 68.3 Å². The summed E-state index contributed by atoms with van der Waals surface area (Å²) < 4.78 is 29.0. The van der Waals surface area contributed by atoms with Gasteiger partial charge in [-0.25, -0.2) is 13.1 Å². The number of hydrogen-bond donors (Lipinski definition) is 1. The summed E-state index contributed by atoms with van der Waals surface area (Å²) in [5, 5.41) is 0. The number of rotatable bonds is 5. The van der Waals surface area contributed by atoms with Gasteiger partial charge in [0, 0.05) is 12.2 Å². The van der Waals surface area contributed by atoms with E-state index in [1.807, 2.05) is 13.0 Å². The fraction of sp³-hybridized carbons (Fsp3) is 0.444. The summed E-state index contributed by atoms with van der Waals surface area (Å²) in [7, 11) is -3.13. The first-order valence-electron chi connectivity index (χ1n) is 4.47. The second kappa shape index (κ2) is 5.09. The molecule has 0 aromatic carbocycles. The van der Waals surface area contributed by atoms with E-state index in [2.05, 4.69) is 9.71 Å². The zero-order valence-electron chi connectivity index (χ0n) is 8.73. The summed E-state index contributed by atoms with van der Waals surface area (Å²) in [5.41, 5.74) is 0.914. The molecule has 1 aromatic rings. The van der Waals surface area contributed by atoms with Crippen LogP contribution in [0.4, 0.5) is 0 Å². The van der Waals surface area contributed by atoms with Gasteiger partial charge in [0.25, 0.3) is 0 Å². The largest absolute Gasteiger partial charge is 0.491 e. The van der Waals surface area contributed by atoms with Gasteiger partial charge in [-0.2, -0.15) is 0 Å². The maximum Gasteiger partial charge on any atom is 0.208 e. The quantitative estimate of drug-likeness (QED) is 0.740. The van der Waals surface area contributed by atoms with Gasteiger partial charge >= 0.3 is 0 Å².